The molecule has 6 nitrogen and oxygen atoms in total. The van der Waals surface area contributed by atoms with Gasteiger partial charge in [0.1, 0.15) is 0 Å². The maximum atomic E-state index is 12.4. The van der Waals surface area contributed by atoms with E-state index in [0.29, 0.717) is 26.2 Å². The molecule has 0 aromatic rings. The van der Waals surface area contributed by atoms with Gasteiger partial charge in [0.25, 0.3) is 0 Å². The molecule has 4 atom stereocenters. The Hall–Kier alpha value is -1.30. The Kier molecular flexibility index (Phi) is 3.12. The highest BCUT2D eigenvalue weighted by atomic mass is 16.5. The average Bonchev–Trinajstić information content (AvgIpc) is 2.91. The van der Waals surface area contributed by atoms with Crippen LogP contribution in [0.1, 0.15) is 19.8 Å². The molecule has 0 aromatic carbocycles. The quantitative estimate of drug-likeness (QED) is 0.757. The summed E-state index contributed by atoms with van der Waals surface area (Å²) in [6.45, 7) is 4.08. The first kappa shape index (κ1) is 12.7. The second-order valence-corrected chi connectivity index (χ2v) is 5.97. The van der Waals surface area contributed by atoms with Gasteiger partial charge in [-0.3, -0.25) is 4.79 Å². The van der Waals surface area contributed by atoms with Crippen molar-refractivity contribution in [2.45, 2.75) is 32.0 Å². The van der Waals surface area contributed by atoms with Crippen molar-refractivity contribution in [3.05, 3.63) is 0 Å². The van der Waals surface area contributed by atoms with E-state index in [2.05, 4.69) is 0 Å². The summed E-state index contributed by atoms with van der Waals surface area (Å²) in [7, 11) is 0. The summed E-state index contributed by atoms with van der Waals surface area (Å²) in [6.07, 6.45) is 2.42. The molecule has 0 radical (unpaired) electrons. The zero-order valence-corrected chi connectivity index (χ0v) is 11.1. The highest BCUT2D eigenvalue weighted by Crippen LogP contribution is 2.29. The summed E-state index contributed by atoms with van der Waals surface area (Å²) in [5.74, 6) is -1.20. The molecule has 0 spiro atoms. The van der Waals surface area contributed by atoms with Crippen LogP contribution in [-0.2, 0) is 9.53 Å². The number of fused-ring (bicyclic) bond motifs is 2. The summed E-state index contributed by atoms with van der Waals surface area (Å²) >= 11 is 0. The van der Waals surface area contributed by atoms with E-state index >= 15 is 0 Å². The second-order valence-electron chi connectivity index (χ2n) is 5.97. The number of likely N-dealkylation sites (tertiary alicyclic amines) is 2. The number of amides is 2. The normalized spacial score (nSPS) is 37.7. The lowest BCUT2D eigenvalue weighted by Crippen LogP contribution is -2.50. The number of ether oxygens (including phenoxy) is 1. The third kappa shape index (κ3) is 2.29. The van der Waals surface area contributed by atoms with Crippen molar-refractivity contribution in [3.8, 4) is 0 Å². The third-order valence-electron chi connectivity index (χ3n) is 4.51. The number of urea groups is 1. The van der Waals surface area contributed by atoms with Crippen LogP contribution in [-0.4, -0.2) is 65.3 Å². The minimum atomic E-state index is -0.801. The maximum Gasteiger partial charge on any atom is 0.320 e. The van der Waals surface area contributed by atoms with E-state index < -0.39 is 11.9 Å². The Morgan fingerprint density at radius 1 is 1.05 bits per heavy atom. The predicted molar refractivity (Wildman–Crippen MR) is 66.7 cm³/mol. The zero-order chi connectivity index (χ0) is 13.6. The highest BCUT2D eigenvalue weighted by Gasteiger charge is 2.41. The summed E-state index contributed by atoms with van der Waals surface area (Å²) in [4.78, 5) is 27.1. The Morgan fingerprint density at radius 2 is 1.63 bits per heavy atom. The van der Waals surface area contributed by atoms with Crippen LogP contribution in [0.5, 0.6) is 0 Å². The van der Waals surface area contributed by atoms with Crippen LogP contribution in [0.3, 0.4) is 0 Å². The van der Waals surface area contributed by atoms with Crippen molar-refractivity contribution in [1.82, 2.24) is 9.80 Å². The minimum absolute atomic E-state index is 0.0178. The van der Waals surface area contributed by atoms with Crippen molar-refractivity contribution < 1.29 is 19.4 Å². The predicted octanol–water partition coefficient (Wildman–Crippen LogP) is 0.622. The van der Waals surface area contributed by atoms with E-state index in [1.165, 1.54) is 0 Å². The molecule has 0 aliphatic carbocycles. The largest absolute Gasteiger partial charge is 0.481 e. The van der Waals surface area contributed by atoms with E-state index in [1.807, 2.05) is 11.8 Å². The van der Waals surface area contributed by atoms with Gasteiger partial charge in [-0.05, 0) is 18.8 Å². The first-order valence-electron chi connectivity index (χ1n) is 6.96. The standard InChI is InChI=1S/C13H20N2O4/c1-8-4-14(7-11(8)12(16)17)13(18)15-5-9-2-3-10(6-15)19-9/h8-11H,2-7H2,1H3,(H,16,17). The Bertz CT molecular complexity index is 388. The number of rotatable bonds is 1. The van der Waals surface area contributed by atoms with Gasteiger partial charge in [0, 0.05) is 26.2 Å². The molecule has 0 saturated carbocycles. The first-order valence-corrected chi connectivity index (χ1v) is 6.96. The van der Waals surface area contributed by atoms with E-state index in [9.17, 15) is 9.59 Å². The van der Waals surface area contributed by atoms with Crippen molar-refractivity contribution in [1.29, 1.82) is 0 Å². The molecule has 3 heterocycles. The molecule has 1 N–H and O–H groups in total. The fraction of sp³-hybridized carbons (Fsp3) is 0.846. The first-order chi connectivity index (χ1) is 9.04. The van der Waals surface area contributed by atoms with Crippen LogP contribution >= 0.6 is 0 Å². The van der Waals surface area contributed by atoms with Crippen LogP contribution in [0.4, 0.5) is 4.79 Å². The van der Waals surface area contributed by atoms with E-state index in [1.54, 1.807) is 4.90 Å². The van der Waals surface area contributed by atoms with Crippen molar-refractivity contribution >= 4 is 12.0 Å². The molecule has 3 fully saturated rings. The number of hydrogen-bond acceptors (Lipinski definition) is 3. The van der Waals surface area contributed by atoms with Crippen molar-refractivity contribution in [2.24, 2.45) is 11.8 Å². The van der Waals surface area contributed by atoms with E-state index in [4.69, 9.17) is 9.84 Å². The molecular weight excluding hydrogens is 248 g/mol. The molecule has 6 heteroatoms. The summed E-state index contributed by atoms with van der Waals surface area (Å²) in [5.41, 5.74) is 0. The van der Waals surface area contributed by atoms with Gasteiger partial charge in [0.2, 0.25) is 0 Å². The second kappa shape index (κ2) is 4.67. The van der Waals surface area contributed by atoms with Gasteiger partial charge in [-0.25, -0.2) is 4.79 Å². The van der Waals surface area contributed by atoms with Crippen molar-refractivity contribution in [3.63, 3.8) is 0 Å². The number of morpholine rings is 1. The zero-order valence-electron chi connectivity index (χ0n) is 11.1. The van der Waals surface area contributed by atoms with Crippen LogP contribution in [0.25, 0.3) is 0 Å². The number of nitrogens with zero attached hydrogens (tertiary/aromatic N) is 2. The molecule has 3 saturated heterocycles. The van der Waals surface area contributed by atoms with Crippen LogP contribution in [0, 0.1) is 11.8 Å². The smallest absolute Gasteiger partial charge is 0.320 e. The Balaban J connectivity index is 1.63. The molecule has 2 bridgehead atoms. The van der Waals surface area contributed by atoms with Crippen molar-refractivity contribution in [2.75, 3.05) is 26.2 Å². The lowest BCUT2D eigenvalue weighted by Gasteiger charge is -2.34. The third-order valence-corrected chi connectivity index (χ3v) is 4.51. The molecule has 106 valence electrons. The Labute approximate surface area is 112 Å². The summed E-state index contributed by atoms with van der Waals surface area (Å²) in [6, 6.07) is -0.0178. The number of carboxylic acid groups (broad SMARTS) is 1. The average molecular weight is 268 g/mol. The lowest BCUT2D eigenvalue weighted by atomic mass is 9.99. The molecule has 2 amide bonds. The molecule has 3 aliphatic rings. The lowest BCUT2D eigenvalue weighted by molar-refractivity contribution is -0.142. The van der Waals surface area contributed by atoms with Gasteiger partial charge in [-0.2, -0.15) is 0 Å². The molecule has 19 heavy (non-hydrogen) atoms. The van der Waals surface area contributed by atoms with Crippen LogP contribution < -0.4 is 0 Å². The summed E-state index contributed by atoms with van der Waals surface area (Å²) in [5, 5.41) is 9.12. The fourth-order valence-corrected chi connectivity index (χ4v) is 3.42. The van der Waals surface area contributed by atoms with Gasteiger partial charge in [0.15, 0.2) is 0 Å². The fourth-order valence-electron chi connectivity index (χ4n) is 3.42. The van der Waals surface area contributed by atoms with Gasteiger partial charge in [0.05, 0.1) is 18.1 Å². The number of carboxylic acids is 1. The number of carbonyl (C=O) groups excluding carboxylic acids is 1. The molecule has 4 unspecified atom stereocenters. The number of carbonyl (C=O) groups is 2. The molecule has 3 aliphatic heterocycles. The van der Waals surface area contributed by atoms with Gasteiger partial charge < -0.3 is 19.6 Å². The Morgan fingerprint density at radius 3 is 2.16 bits per heavy atom. The van der Waals surface area contributed by atoms with Crippen LogP contribution in [0.15, 0.2) is 0 Å². The monoisotopic (exact) mass is 268 g/mol. The van der Waals surface area contributed by atoms with Gasteiger partial charge in [-0.1, -0.05) is 6.92 Å². The highest BCUT2D eigenvalue weighted by molar-refractivity contribution is 5.78. The topological polar surface area (TPSA) is 70.1 Å². The van der Waals surface area contributed by atoms with Gasteiger partial charge in [-0.15, -0.1) is 0 Å². The van der Waals surface area contributed by atoms with E-state index in [-0.39, 0.29) is 24.2 Å². The maximum absolute atomic E-state index is 12.4. The van der Waals surface area contributed by atoms with E-state index in [0.717, 1.165) is 12.8 Å². The molecular formula is C13H20N2O4. The van der Waals surface area contributed by atoms with Gasteiger partial charge >= 0.3 is 12.0 Å². The summed E-state index contributed by atoms with van der Waals surface area (Å²) < 4.78 is 5.71. The molecule has 3 rings (SSSR count). The molecule has 0 aromatic heterocycles. The number of aliphatic carboxylic acids is 1. The van der Waals surface area contributed by atoms with Crippen LogP contribution in [0.2, 0.25) is 0 Å². The minimum Gasteiger partial charge on any atom is -0.481 e. The number of hydrogen-bond donors (Lipinski definition) is 1. The SMILES string of the molecule is CC1CN(C(=O)N2CC3CCC(C2)O3)CC1C(=O)O.